The summed E-state index contributed by atoms with van der Waals surface area (Å²) < 4.78 is 0. The molecule has 18 heavy (non-hydrogen) atoms. The second kappa shape index (κ2) is 7.20. The van der Waals surface area contributed by atoms with Gasteiger partial charge in [0.05, 0.1) is 0 Å². The third-order valence-electron chi connectivity index (χ3n) is 3.42. The lowest BCUT2D eigenvalue weighted by Crippen LogP contribution is -2.46. The average Bonchev–Trinajstić information content (AvgIpc) is 2.81. The van der Waals surface area contributed by atoms with Crippen molar-refractivity contribution in [2.45, 2.75) is 44.7 Å². The summed E-state index contributed by atoms with van der Waals surface area (Å²) in [6, 6.07) is -0.657. The molecule has 2 amide bonds. The van der Waals surface area contributed by atoms with E-state index in [4.69, 9.17) is 5.11 Å². The van der Waals surface area contributed by atoms with Crippen molar-refractivity contribution >= 4 is 12.0 Å². The minimum Gasteiger partial charge on any atom is -0.480 e. The van der Waals surface area contributed by atoms with Gasteiger partial charge >= 0.3 is 12.0 Å². The summed E-state index contributed by atoms with van der Waals surface area (Å²) in [5.41, 5.74) is 0. The van der Waals surface area contributed by atoms with E-state index in [0.717, 1.165) is 6.54 Å². The highest BCUT2D eigenvalue weighted by Crippen LogP contribution is 2.21. The van der Waals surface area contributed by atoms with Gasteiger partial charge in [-0.05, 0) is 26.8 Å². The fourth-order valence-electron chi connectivity index (χ4n) is 2.18. The molecular weight excluding hydrogens is 234 g/mol. The summed E-state index contributed by atoms with van der Waals surface area (Å²) in [6.07, 6.45) is 5.05. The zero-order chi connectivity index (χ0) is 13.5. The molecule has 3 N–H and O–H groups in total. The van der Waals surface area contributed by atoms with Gasteiger partial charge in [0.1, 0.15) is 6.04 Å². The second-order valence-electron chi connectivity index (χ2n) is 4.88. The Kier molecular flexibility index (Phi) is 5.91. The van der Waals surface area contributed by atoms with Gasteiger partial charge in [0.2, 0.25) is 0 Å². The minimum atomic E-state index is -1.03. The van der Waals surface area contributed by atoms with Crippen LogP contribution >= 0.6 is 0 Å². The molecule has 0 unspecified atom stereocenters. The Labute approximate surface area is 108 Å². The highest BCUT2D eigenvalue weighted by molar-refractivity contribution is 5.82. The molecule has 1 saturated carbocycles. The summed E-state index contributed by atoms with van der Waals surface area (Å²) in [7, 11) is 2.06. The van der Waals surface area contributed by atoms with Crippen molar-refractivity contribution in [3.63, 3.8) is 0 Å². The number of aliphatic carboxylic acids is 1. The van der Waals surface area contributed by atoms with Crippen LogP contribution in [0.3, 0.4) is 0 Å². The zero-order valence-corrected chi connectivity index (χ0v) is 11.1. The molecule has 1 fully saturated rings. The summed E-state index contributed by atoms with van der Waals surface area (Å²) >= 11 is 0. The first-order valence-corrected chi connectivity index (χ1v) is 6.48. The number of nitrogens with one attached hydrogen (secondary N) is 2. The van der Waals surface area contributed by atoms with Gasteiger partial charge in [0.15, 0.2) is 0 Å². The number of urea groups is 1. The Morgan fingerprint density at radius 2 is 2.00 bits per heavy atom. The van der Waals surface area contributed by atoms with Crippen LogP contribution in [0.4, 0.5) is 4.79 Å². The van der Waals surface area contributed by atoms with E-state index in [-0.39, 0.29) is 0 Å². The van der Waals surface area contributed by atoms with Crippen molar-refractivity contribution in [3.8, 4) is 0 Å². The van der Waals surface area contributed by atoms with Crippen molar-refractivity contribution in [1.29, 1.82) is 0 Å². The Morgan fingerprint density at radius 3 is 2.56 bits per heavy atom. The molecule has 1 atom stereocenters. The van der Waals surface area contributed by atoms with Crippen molar-refractivity contribution in [3.05, 3.63) is 0 Å². The molecule has 0 bridgehead atoms. The molecule has 1 aliphatic carbocycles. The fraction of sp³-hybridized carbons (Fsp3) is 0.833. The maximum atomic E-state index is 11.4. The lowest BCUT2D eigenvalue weighted by atomic mass is 10.2. The Balaban J connectivity index is 2.13. The molecule has 0 heterocycles. The molecule has 1 rings (SSSR count). The predicted molar refractivity (Wildman–Crippen MR) is 68.5 cm³/mol. The topological polar surface area (TPSA) is 81.7 Å². The maximum Gasteiger partial charge on any atom is 0.325 e. The summed E-state index contributed by atoms with van der Waals surface area (Å²) in [5, 5.41) is 13.7. The number of hydrogen-bond donors (Lipinski definition) is 3. The summed E-state index contributed by atoms with van der Waals surface area (Å²) in [6.45, 7) is 2.76. The average molecular weight is 257 g/mol. The SMILES string of the molecule is C[C@H](NC(=O)NCCN(C)C1CCCC1)C(=O)O. The van der Waals surface area contributed by atoms with Crippen molar-refractivity contribution in [1.82, 2.24) is 15.5 Å². The van der Waals surface area contributed by atoms with E-state index >= 15 is 0 Å². The van der Waals surface area contributed by atoms with Crippen molar-refractivity contribution in [2.24, 2.45) is 0 Å². The second-order valence-corrected chi connectivity index (χ2v) is 4.88. The highest BCUT2D eigenvalue weighted by Gasteiger charge is 2.19. The third-order valence-corrected chi connectivity index (χ3v) is 3.42. The van der Waals surface area contributed by atoms with E-state index in [2.05, 4.69) is 22.6 Å². The Hall–Kier alpha value is -1.30. The van der Waals surface area contributed by atoms with Gasteiger partial charge in [0.25, 0.3) is 0 Å². The number of carbonyl (C=O) groups excluding carboxylic acids is 1. The molecule has 0 saturated heterocycles. The van der Waals surface area contributed by atoms with Gasteiger partial charge < -0.3 is 20.6 Å². The molecular formula is C12H23N3O3. The predicted octanol–water partition coefficient (Wildman–Crippen LogP) is 0.633. The Bertz CT molecular complexity index is 290. The molecule has 0 aliphatic heterocycles. The molecule has 104 valence electrons. The normalized spacial score (nSPS) is 17.7. The smallest absolute Gasteiger partial charge is 0.325 e. The van der Waals surface area contributed by atoms with Crippen molar-refractivity contribution in [2.75, 3.05) is 20.1 Å². The lowest BCUT2D eigenvalue weighted by molar-refractivity contribution is -0.138. The number of amides is 2. The van der Waals surface area contributed by atoms with Crippen LogP contribution in [0, 0.1) is 0 Å². The quantitative estimate of drug-likeness (QED) is 0.652. The van der Waals surface area contributed by atoms with Gasteiger partial charge in [-0.25, -0.2) is 4.79 Å². The fourth-order valence-corrected chi connectivity index (χ4v) is 2.18. The van der Waals surface area contributed by atoms with Gasteiger partial charge in [-0.3, -0.25) is 4.79 Å². The van der Waals surface area contributed by atoms with Crippen LogP contribution in [0.2, 0.25) is 0 Å². The number of rotatable bonds is 6. The molecule has 1 aliphatic rings. The van der Waals surface area contributed by atoms with E-state index in [9.17, 15) is 9.59 Å². The maximum absolute atomic E-state index is 11.4. The number of likely N-dealkylation sites (N-methyl/N-ethyl adjacent to an activating group) is 1. The lowest BCUT2D eigenvalue weighted by Gasteiger charge is -2.24. The van der Waals surface area contributed by atoms with E-state index in [1.807, 2.05) is 0 Å². The molecule has 0 aromatic rings. The number of carbonyl (C=O) groups is 2. The summed E-state index contributed by atoms with van der Waals surface area (Å²) in [5.74, 6) is -1.03. The van der Waals surface area contributed by atoms with E-state index < -0.39 is 18.0 Å². The van der Waals surface area contributed by atoms with Crippen LogP contribution in [-0.2, 0) is 4.79 Å². The van der Waals surface area contributed by atoms with Gasteiger partial charge in [-0.15, -0.1) is 0 Å². The van der Waals surface area contributed by atoms with Crippen LogP contribution in [0.1, 0.15) is 32.6 Å². The first-order chi connectivity index (χ1) is 8.50. The molecule has 0 aromatic carbocycles. The molecule has 0 radical (unpaired) electrons. The minimum absolute atomic E-state index is 0.426. The first kappa shape index (κ1) is 14.8. The first-order valence-electron chi connectivity index (χ1n) is 6.48. The molecule has 6 heteroatoms. The van der Waals surface area contributed by atoms with Crippen molar-refractivity contribution < 1.29 is 14.7 Å². The standard InChI is InChI=1S/C12H23N3O3/c1-9(11(16)17)14-12(18)13-7-8-15(2)10-5-3-4-6-10/h9-10H,3-8H2,1-2H3,(H,16,17)(H2,13,14,18)/t9-/m0/s1. The van der Waals surface area contributed by atoms with Crippen LogP contribution in [0.25, 0.3) is 0 Å². The van der Waals surface area contributed by atoms with Gasteiger partial charge in [-0.1, -0.05) is 12.8 Å². The number of nitrogens with zero attached hydrogens (tertiary/aromatic N) is 1. The van der Waals surface area contributed by atoms with Crippen LogP contribution < -0.4 is 10.6 Å². The van der Waals surface area contributed by atoms with Gasteiger partial charge in [-0.2, -0.15) is 0 Å². The van der Waals surface area contributed by atoms with E-state index in [0.29, 0.717) is 12.6 Å². The number of carboxylic acid groups (broad SMARTS) is 1. The number of hydrogen-bond acceptors (Lipinski definition) is 3. The zero-order valence-electron chi connectivity index (χ0n) is 11.1. The largest absolute Gasteiger partial charge is 0.480 e. The molecule has 6 nitrogen and oxygen atoms in total. The summed E-state index contributed by atoms with van der Waals surface area (Å²) in [4.78, 5) is 24.2. The number of carboxylic acids is 1. The third kappa shape index (κ3) is 4.91. The molecule has 0 spiro atoms. The monoisotopic (exact) mass is 257 g/mol. The van der Waals surface area contributed by atoms with Crippen LogP contribution in [0.5, 0.6) is 0 Å². The van der Waals surface area contributed by atoms with Crippen LogP contribution in [-0.4, -0.2) is 54.2 Å². The molecule has 0 aromatic heterocycles. The Morgan fingerprint density at radius 1 is 1.39 bits per heavy atom. The van der Waals surface area contributed by atoms with E-state index in [1.165, 1.54) is 32.6 Å². The van der Waals surface area contributed by atoms with Crippen LogP contribution in [0.15, 0.2) is 0 Å². The van der Waals surface area contributed by atoms with Gasteiger partial charge in [0, 0.05) is 19.1 Å². The highest BCUT2D eigenvalue weighted by atomic mass is 16.4. The van der Waals surface area contributed by atoms with E-state index in [1.54, 1.807) is 0 Å².